The number of nitriles is 1. The van der Waals surface area contributed by atoms with Crippen molar-refractivity contribution in [1.29, 1.82) is 5.26 Å². The van der Waals surface area contributed by atoms with Crippen LogP contribution in [0.15, 0.2) is 29.1 Å². The van der Waals surface area contributed by atoms with Crippen molar-refractivity contribution < 1.29 is 14.3 Å². The van der Waals surface area contributed by atoms with Crippen LogP contribution in [0.1, 0.15) is 39.7 Å². The van der Waals surface area contributed by atoms with E-state index in [0.29, 0.717) is 23.9 Å². The number of hydrogen-bond donors (Lipinski definition) is 2. The van der Waals surface area contributed by atoms with Crippen LogP contribution in [0.5, 0.6) is 0 Å². The molecule has 2 N–H and O–H groups in total. The normalized spacial score (nSPS) is 12.8. The van der Waals surface area contributed by atoms with Gasteiger partial charge in [0, 0.05) is 36.9 Å². The fraction of sp³-hybridized carbons (Fsp3) is 0.462. The molecular formula is C26H35N5O4S. The number of anilines is 1. The number of esters is 1. The van der Waals surface area contributed by atoms with Crippen molar-refractivity contribution in [3.05, 3.63) is 49.4 Å². The van der Waals surface area contributed by atoms with Gasteiger partial charge in [0.15, 0.2) is 5.57 Å². The highest BCUT2D eigenvalue weighted by Gasteiger charge is 2.21. The number of amides is 1. The third kappa shape index (κ3) is 8.07. The van der Waals surface area contributed by atoms with Crippen LogP contribution >= 0.6 is 11.3 Å². The molecule has 0 bridgehead atoms. The zero-order chi connectivity index (χ0) is 26.9. The number of hydrogen-bond acceptors (Lipinski definition) is 8. The minimum Gasteiger partial charge on any atom is -0.462 e. The summed E-state index contributed by atoms with van der Waals surface area (Å²) in [5.74, 6) is -0.733. The molecule has 1 aromatic carbocycles. The van der Waals surface area contributed by atoms with Crippen molar-refractivity contribution >= 4 is 40.7 Å². The predicted octanol–water partition coefficient (Wildman–Crippen LogP) is 1.41. The number of rotatable bonds is 11. The van der Waals surface area contributed by atoms with Gasteiger partial charge in [0.25, 0.3) is 5.56 Å². The van der Waals surface area contributed by atoms with E-state index in [9.17, 15) is 19.6 Å². The van der Waals surface area contributed by atoms with Gasteiger partial charge in [-0.25, -0.2) is 4.79 Å². The summed E-state index contributed by atoms with van der Waals surface area (Å²) >= 11 is 1.06. The Kier molecular flexibility index (Phi) is 10.4. The lowest BCUT2D eigenvalue weighted by Gasteiger charge is -2.29. The summed E-state index contributed by atoms with van der Waals surface area (Å²) in [6, 6.07) is 9.48. The van der Waals surface area contributed by atoms with Gasteiger partial charge < -0.3 is 20.3 Å². The van der Waals surface area contributed by atoms with Gasteiger partial charge in [-0.05, 0) is 65.9 Å². The van der Waals surface area contributed by atoms with E-state index in [4.69, 9.17) is 4.74 Å². The molecule has 9 nitrogen and oxygen atoms in total. The van der Waals surface area contributed by atoms with Gasteiger partial charge in [0.1, 0.15) is 15.3 Å². The second-order valence-corrected chi connectivity index (χ2v) is 10.2. The Morgan fingerprint density at radius 2 is 1.89 bits per heavy atom. The highest BCUT2D eigenvalue weighted by Crippen LogP contribution is 2.12. The summed E-state index contributed by atoms with van der Waals surface area (Å²) in [4.78, 5) is 39.3. The first-order valence-electron chi connectivity index (χ1n) is 11.8. The van der Waals surface area contributed by atoms with Crippen LogP contribution in [0, 0.1) is 11.3 Å². The number of nitrogens with one attached hydrogen (secondary N) is 2. The van der Waals surface area contributed by atoms with Crippen LogP contribution in [0.2, 0.25) is 0 Å². The number of carbonyl (C=O) groups excluding carboxylic acids is 2. The van der Waals surface area contributed by atoms with Crippen LogP contribution in [-0.4, -0.2) is 54.1 Å². The molecule has 0 unspecified atom stereocenters. The van der Waals surface area contributed by atoms with E-state index in [1.165, 1.54) is 4.57 Å². The molecule has 1 aromatic heterocycles. The molecular weight excluding hydrogens is 478 g/mol. The largest absolute Gasteiger partial charge is 0.462 e. The molecule has 2 rings (SSSR count). The standard InChI is InChI=1S/C26H35N5O4S/c1-7-31-23(33)21(36-24(31)20(15-27)25(34)35-8-2)16-28-19-12-9-18(10-13-19)11-14-22(32)29-26(3,4)17-30(5)6/h9-10,12-13,16,28H,7-8,11,14,17H2,1-6H3,(H,29,32)/b21-16?,24-20-. The minimum absolute atomic E-state index is 0.00875. The summed E-state index contributed by atoms with van der Waals surface area (Å²) in [6.07, 6.45) is 2.57. The van der Waals surface area contributed by atoms with E-state index < -0.39 is 5.97 Å². The molecule has 0 aliphatic rings. The number of benzene rings is 1. The Morgan fingerprint density at radius 1 is 1.22 bits per heavy atom. The van der Waals surface area contributed by atoms with Gasteiger partial charge in [-0.15, -0.1) is 11.3 Å². The Bertz CT molecular complexity index is 1280. The SMILES string of the molecule is CCOC(=O)/C(C#N)=c1\sc(=CNc2ccc(CCC(=O)NC(C)(C)CN(C)C)cc2)c(=O)n1CC. The monoisotopic (exact) mass is 513 g/mol. The molecule has 194 valence electrons. The second kappa shape index (κ2) is 13.0. The number of ether oxygens (including phenoxy) is 1. The van der Waals surface area contributed by atoms with E-state index >= 15 is 0 Å². The topological polar surface area (TPSA) is 116 Å². The van der Waals surface area contributed by atoms with Crippen molar-refractivity contribution in [2.75, 3.05) is 32.6 Å². The second-order valence-electron chi connectivity index (χ2n) is 9.18. The molecule has 0 atom stereocenters. The summed E-state index contributed by atoms with van der Waals surface area (Å²) in [7, 11) is 3.95. The summed E-state index contributed by atoms with van der Waals surface area (Å²) in [5, 5.41) is 15.6. The lowest BCUT2D eigenvalue weighted by Crippen LogP contribution is -2.50. The molecule has 2 aromatic rings. The third-order valence-electron chi connectivity index (χ3n) is 5.18. The maximum Gasteiger partial charge on any atom is 0.351 e. The molecule has 0 radical (unpaired) electrons. The highest BCUT2D eigenvalue weighted by molar-refractivity contribution is 7.07. The number of aromatic nitrogens is 1. The molecule has 0 spiro atoms. The van der Waals surface area contributed by atoms with Crippen LogP contribution in [-0.2, 0) is 27.3 Å². The average Bonchev–Trinajstić information content (AvgIpc) is 3.11. The summed E-state index contributed by atoms with van der Waals surface area (Å²) in [6.45, 7) is 8.65. The van der Waals surface area contributed by atoms with Crippen LogP contribution in [0.25, 0.3) is 11.8 Å². The number of carbonyl (C=O) groups is 2. The van der Waals surface area contributed by atoms with E-state index in [-0.39, 0.29) is 33.8 Å². The van der Waals surface area contributed by atoms with Crippen molar-refractivity contribution in [1.82, 2.24) is 14.8 Å². The van der Waals surface area contributed by atoms with Gasteiger partial charge in [-0.2, -0.15) is 5.26 Å². The Balaban J connectivity index is 2.13. The minimum atomic E-state index is -0.742. The number of thiazole rings is 1. The van der Waals surface area contributed by atoms with Crippen molar-refractivity contribution in [2.24, 2.45) is 0 Å². The highest BCUT2D eigenvalue weighted by atomic mass is 32.1. The molecule has 10 heteroatoms. The first-order valence-corrected chi connectivity index (χ1v) is 12.7. The van der Waals surface area contributed by atoms with E-state index in [2.05, 4.69) is 10.6 Å². The molecule has 0 aliphatic heterocycles. The van der Waals surface area contributed by atoms with E-state index in [1.54, 1.807) is 20.0 Å². The molecule has 1 amide bonds. The third-order valence-corrected chi connectivity index (χ3v) is 6.31. The summed E-state index contributed by atoms with van der Waals surface area (Å²) < 4.78 is 6.98. The molecule has 0 fully saturated rings. The molecule has 36 heavy (non-hydrogen) atoms. The first-order chi connectivity index (χ1) is 17.0. The maximum absolute atomic E-state index is 12.8. The Labute approximate surface area is 215 Å². The lowest BCUT2D eigenvalue weighted by molar-refractivity contribution is -0.136. The quantitative estimate of drug-likeness (QED) is 0.437. The average molecular weight is 514 g/mol. The molecule has 0 aliphatic carbocycles. The van der Waals surface area contributed by atoms with Crippen molar-refractivity contribution in [3.8, 4) is 6.07 Å². The molecule has 0 saturated heterocycles. The Morgan fingerprint density at radius 3 is 2.44 bits per heavy atom. The lowest BCUT2D eigenvalue weighted by atomic mass is 10.0. The maximum atomic E-state index is 12.8. The van der Waals surface area contributed by atoms with E-state index in [1.807, 2.05) is 63.2 Å². The van der Waals surface area contributed by atoms with Crippen molar-refractivity contribution in [3.63, 3.8) is 0 Å². The predicted molar refractivity (Wildman–Crippen MR) is 143 cm³/mol. The first kappa shape index (κ1) is 28.8. The van der Waals surface area contributed by atoms with Gasteiger partial charge in [-0.3, -0.25) is 14.2 Å². The van der Waals surface area contributed by atoms with Gasteiger partial charge in [0.2, 0.25) is 5.91 Å². The number of nitrogens with zero attached hydrogens (tertiary/aromatic N) is 3. The van der Waals surface area contributed by atoms with Gasteiger partial charge >= 0.3 is 5.97 Å². The van der Waals surface area contributed by atoms with Gasteiger partial charge in [0.05, 0.1) is 6.61 Å². The Hall–Kier alpha value is -3.42. The van der Waals surface area contributed by atoms with Crippen LogP contribution < -0.4 is 25.4 Å². The van der Waals surface area contributed by atoms with Crippen LogP contribution in [0.4, 0.5) is 5.69 Å². The summed E-state index contributed by atoms with van der Waals surface area (Å²) in [5.41, 5.74) is 1.02. The zero-order valence-corrected chi connectivity index (χ0v) is 22.6. The number of aryl methyl sites for hydroxylation is 1. The molecule has 1 heterocycles. The fourth-order valence-corrected chi connectivity index (χ4v) is 4.90. The molecule has 0 saturated carbocycles. The zero-order valence-electron chi connectivity index (χ0n) is 21.8. The fourth-order valence-electron chi connectivity index (χ4n) is 3.82. The van der Waals surface area contributed by atoms with Crippen molar-refractivity contribution in [2.45, 2.75) is 52.6 Å². The smallest absolute Gasteiger partial charge is 0.351 e. The van der Waals surface area contributed by atoms with Gasteiger partial charge in [-0.1, -0.05) is 12.1 Å². The van der Waals surface area contributed by atoms with Crippen LogP contribution in [0.3, 0.4) is 0 Å². The van der Waals surface area contributed by atoms with E-state index in [0.717, 1.165) is 29.1 Å². The number of likely N-dealkylation sites (N-methyl/N-ethyl adjacent to an activating group) is 1.